The maximum absolute atomic E-state index is 11.7. The summed E-state index contributed by atoms with van der Waals surface area (Å²) in [5.41, 5.74) is 0.393. The molecule has 0 aliphatic carbocycles. The third-order valence-electron chi connectivity index (χ3n) is 4.43. The molecule has 1 fully saturated rings. The summed E-state index contributed by atoms with van der Waals surface area (Å²) in [4.78, 5) is 18.7. The van der Waals surface area contributed by atoms with Gasteiger partial charge in [0.2, 0.25) is 0 Å². The van der Waals surface area contributed by atoms with Crippen LogP contribution in [0.2, 0.25) is 0 Å². The Morgan fingerprint density at radius 1 is 1.48 bits per heavy atom. The molecule has 0 saturated carbocycles. The number of nitrogens with one attached hydrogen (secondary N) is 2. The van der Waals surface area contributed by atoms with Crippen molar-refractivity contribution in [3.05, 3.63) is 22.4 Å². The molecule has 0 spiro atoms. The van der Waals surface area contributed by atoms with Crippen molar-refractivity contribution in [2.24, 2.45) is 0 Å². The second kappa shape index (κ2) is 5.48. The van der Waals surface area contributed by atoms with E-state index >= 15 is 0 Å². The van der Waals surface area contributed by atoms with E-state index in [1.807, 2.05) is 20.0 Å². The Labute approximate surface area is 123 Å². The quantitative estimate of drug-likeness (QED) is 0.869. The molecule has 21 heavy (non-hydrogen) atoms. The summed E-state index contributed by atoms with van der Waals surface area (Å²) < 4.78 is 1.50. The number of aryl methyl sites for hydroxylation is 1. The Morgan fingerprint density at radius 2 is 2.29 bits per heavy atom. The fraction of sp³-hybridized carbons (Fsp3) is 0.643. The lowest BCUT2D eigenvalue weighted by molar-refractivity contribution is 0.380. The Morgan fingerprint density at radius 3 is 3.05 bits per heavy atom. The number of hydrogen-bond donors (Lipinski definition) is 2. The van der Waals surface area contributed by atoms with Crippen molar-refractivity contribution in [3.63, 3.8) is 0 Å². The number of likely N-dealkylation sites (N-methyl/N-ethyl adjacent to an activating group) is 1. The highest BCUT2D eigenvalue weighted by atomic mass is 16.1. The van der Waals surface area contributed by atoms with Gasteiger partial charge in [0.15, 0.2) is 5.65 Å². The predicted molar refractivity (Wildman–Crippen MR) is 81.9 cm³/mol. The highest BCUT2D eigenvalue weighted by Crippen LogP contribution is 2.25. The number of aromatic nitrogens is 4. The molecule has 0 bridgehead atoms. The molecule has 3 rings (SSSR count). The molecule has 2 aromatic heterocycles. The largest absolute Gasteiger partial charge is 0.352 e. The first-order chi connectivity index (χ1) is 10.1. The topological polar surface area (TPSA) is 78.3 Å². The van der Waals surface area contributed by atoms with Crippen molar-refractivity contribution >= 4 is 11.5 Å². The number of nitrogens with zero attached hydrogens (tertiary/aromatic N) is 4. The van der Waals surface area contributed by atoms with Gasteiger partial charge >= 0.3 is 5.69 Å². The molecular formula is C14H22N6O. The van der Waals surface area contributed by atoms with Crippen LogP contribution in [0.5, 0.6) is 0 Å². The van der Waals surface area contributed by atoms with Crippen LogP contribution >= 0.6 is 0 Å². The first-order valence-corrected chi connectivity index (χ1v) is 7.50. The molecule has 1 aliphatic rings. The maximum atomic E-state index is 11.7. The first kappa shape index (κ1) is 14.1. The summed E-state index contributed by atoms with van der Waals surface area (Å²) in [5.74, 6) is 1.58. The van der Waals surface area contributed by atoms with E-state index in [2.05, 4.69) is 32.3 Å². The molecule has 7 heteroatoms. The van der Waals surface area contributed by atoms with Crippen LogP contribution in [0.3, 0.4) is 0 Å². The second-order valence-corrected chi connectivity index (χ2v) is 5.72. The molecule has 0 radical (unpaired) electrons. The fourth-order valence-corrected chi connectivity index (χ4v) is 3.18. The van der Waals surface area contributed by atoms with Gasteiger partial charge in [0.25, 0.3) is 0 Å². The smallest absolute Gasteiger partial charge is 0.349 e. The number of anilines is 1. The molecule has 2 N–H and O–H groups in total. The van der Waals surface area contributed by atoms with Crippen molar-refractivity contribution in [1.29, 1.82) is 0 Å². The van der Waals surface area contributed by atoms with E-state index in [0.717, 1.165) is 18.8 Å². The monoisotopic (exact) mass is 290 g/mol. The van der Waals surface area contributed by atoms with Crippen LogP contribution in [0, 0.1) is 6.92 Å². The van der Waals surface area contributed by atoms with Gasteiger partial charge in [0.05, 0.1) is 0 Å². The summed E-state index contributed by atoms with van der Waals surface area (Å²) >= 11 is 0. The van der Waals surface area contributed by atoms with Gasteiger partial charge in [-0.15, -0.1) is 0 Å². The van der Waals surface area contributed by atoms with E-state index in [1.165, 1.54) is 17.2 Å². The van der Waals surface area contributed by atoms with Gasteiger partial charge in [0.1, 0.15) is 11.6 Å². The molecule has 7 nitrogen and oxygen atoms in total. The zero-order valence-electron chi connectivity index (χ0n) is 12.8. The molecule has 2 unspecified atom stereocenters. The molecule has 1 aliphatic heterocycles. The van der Waals surface area contributed by atoms with E-state index in [4.69, 9.17) is 0 Å². The van der Waals surface area contributed by atoms with Crippen molar-refractivity contribution < 1.29 is 0 Å². The normalized spacial score (nSPS) is 20.9. The van der Waals surface area contributed by atoms with Crippen molar-refractivity contribution in [2.75, 3.05) is 18.5 Å². The summed E-state index contributed by atoms with van der Waals surface area (Å²) in [7, 11) is 1.99. The highest BCUT2D eigenvalue weighted by Gasteiger charge is 2.28. The Hall–Kier alpha value is -1.89. The van der Waals surface area contributed by atoms with Gasteiger partial charge in [-0.1, -0.05) is 0 Å². The minimum Gasteiger partial charge on any atom is -0.352 e. The van der Waals surface area contributed by atoms with E-state index < -0.39 is 0 Å². The van der Waals surface area contributed by atoms with Gasteiger partial charge in [-0.2, -0.15) is 5.10 Å². The zero-order chi connectivity index (χ0) is 15.0. The third kappa shape index (κ3) is 2.42. The second-order valence-electron chi connectivity index (χ2n) is 5.72. The summed E-state index contributed by atoms with van der Waals surface area (Å²) in [6, 6.07) is 2.71. The molecule has 3 heterocycles. The molecule has 0 aromatic carbocycles. The lowest BCUT2D eigenvalue weighted by atomic mass is 9.96. The molecule has 0 amide bonds. The number of hydrogen-bond acceptors (Lipinski definition) is 5. The zero-order valence-corrected chi connectivity index (χ0v) is 12.8. The predicted octanol–water partition coefficient (Wildman–Crippen LogP) is 0.693. The highest BCUT2D eigenvalue weighted by molar-refractivity contribution is 5.52. The van der Waals surface area contributed by atoms with Crippen LogP contribution in [0.1, 0.15) is 32.0 Å². The lowest BCUT2D eigenvalue weighted by Gasteiger charge is -2.40. The standard InChI is InChI=1S/C14H22N6O/c1-9(15-3)11-6-4-5-7-19(11)12-8-13-17-18-14(21)20(13)10(2)16-12/h8-9,11,15H,4-7H2,1-3H3,(H,18,21). The maximum Gasteiger partial charge on any atom is 0.349 e. The lowest BCUT2D eigenvalue weighted by Crippen LogP contribution is -2.50. The van der Waals surface area contributed by atoms with Crippen LogP contribution in [0.4, 0.5) is 5.82 Å². The molecule has 1 saturated heterocycles. The van der Waals surface area contributed by atoms with Gasteiger partial charge in [0, 0.05) is 24.7 Å². The van der Waals surface area contributed by atoms with Crippen LogP contribution in [0.15, 0.2) is 10.9 Å². The van der Waals surface area contributed by atoms with Gasteiger partial charge in [-0.05, 0) is 40.2 Å². The van der Waals surface area contributed by atoms with E-state index in [9.17, 15) is 4.79 Å². The van der Waals surface area contributed by atoms with Gasteiger partial charge in [-0.3, -0.25) is 0 Å². The Bertz CT molecular complexity index is 690. The van der Waals surface area contributed by atoms with Gasteiger partial charge < -0.3 is 10.2 Å². The van der Waals surface area contributed by atoms with Crippen LogP contribution in [-0.4, -0.2) is 45.3 Å². The van der Waals surface area contributed by atoms with Gasteiger partial charge in [-0.25, -0.2) is 19.3 Å². The van der Waals surface area contributed by atoms with E-state index in [1.54, 1.807) is 0 Å². The molecule has 114 valence electrons. The molecule has 2 atom stereocenters. The van der Waals surface area contributed by atoms with Crippen LogP contribution in [0.25, 0.3) is 5.65 Å². The molecular weight excluding hydrogens is 268 g/mol. The number of piperidine rings is 1. The average Bonchev–Trinajstić information content (AvgIpc) is 2.88. The number of H-pyrrole nitrogens is 1. The summed E-state index contributed by atoms with van der Waals surface area (Å²) in [5, 5.41) is 9.89. The van der Waals surface area contributed by atoms with E-state index in [-0.39, 0.29) is 5.69 Å². The minimum absolute atomic E-state index is 0.236. The van der Waals surface area contributed by atoms with Crippen molar-refractivity contribution in [1.82, 2.24) is 24.9 Å². The minimum atomic E-state index is -0.236. The Balaban J connectivity index is 2.03. The SMILES string of the molecule is CNC(C)C1CCCCN1c1cc2n[nH]c(=O)n2c(C)n1. The number of aromatic amines is 1. The van der Waals surface area contributed by atoms with E-state index in [0.29, 0.717) is 23.6 Å². The van der Waals surface area contributed by atoms with Crippen LogP contribution in [-0.2, 0) is 0 Å². The molecule has 2 aromatic rings. The number of rotatable bonds is 3. The third-order valence-corrected chi connectivity index (χ3v) is 4.43. The summed E-state index contributed by atoms with van der Waals surface area (Å²) in [6.45, 7) is 5.04. The first-order valence-electron chi connectivity index (χ1n) is 7.50. The average molecular weight is 290 g/mol. The van der Waals surface area contributed by atoms with Crippen molar-refractivity contribution in [2.45, 2.75) is 45.2 Å². The summed E-state index contributed by atoms with van der Waals surface area (Å²) in [6.07, 6.45) is 3.57. The number of fused-ring (bicyclic) bond motifs is 1. The Kier molecular flexibility index (Phi) is 3.67. The fourth-order valence-electron chi connectivity index (χ4n) is 3.18. The van der Waals surface area contributed by atoms with Crippen molar-refractivity contribution in [3.8, 4) is 0 Å². The van der Waals surface area contributed by atoms with Crippen LogP contribution < -0.4 is 15.9 Å².